The van der Waals surface area contributed by atoms with E-state index in [4.69, 9.17) is 10.4 Å². The summed E-state index contributed by atoms with van der Waals surface area (Å²) in [4.78, 5) is 12.7. The van der Waals surface area contributed by atoms with E-state index >= 15 is 0 Å². The third kappa shape index (κ3) is 3.42. The number of aliphatic hydroxyl groups is 1. The zero-order valence-electron chi connectivity index (χ0n) is 14.5. The predicted octanol–water partition coefficient (Wildman–Crippen LogP) is 2.57. The van der Waals surface area contributed by atoms with Crippen molar-refractivity contribution in [3.05, 3.63) is 41.1 Å². The molecule has 6 nitrogen and oxygen atoms in total. The van der Waals surface area contributed by atoms with Crippen molar-refractivity contribution in [2.24, 2.45) is 0 Å². The number of rotatable bonds is 5. The highest BCUT2D eigenvalue weighted by molar-refractivity contribution is 5.95. The number of nitrogens with one attached hydrogen (secondary N) is 1. The fourth-order valence-corrected chi connectivity index (χ4v) is 2.99. The highest BCUT2D eigenvalue weighted by Gasteiger charge is 2.29. The van der Waals surface area contributed by atoms with Crippen LogP contribution in [0, 0.1) is 18.3 Å². The quantitative estimate of drug-likeness (QED) is 0.876. The van der Waals surface area contributed by atoms with E-state index in [2.05, 4.69) is 11.4 Å². The molecule has 0 aliphatic heterocycles. The minimum Gasteiger partial charge on any atom is -0.392 e. The Bertz CT molecular complexity index is 811. The van der Waals surface area contributed by atoms with Crippen molar-refractivity contribution < 1.29 is 9.90 Å². The molecule has 0 radical (unpaired) electrons. The van der Waals surface area contributed by atoms with Gasteiger partial charge in [-0.25, -0.2) is 0 Å². The van der Waals surface area contributed by atoms with Gasteiger partial charge in [-0.2, -0.15) is 10.4 Å². The molecule has 1 aromatic heterocycles. The molecule has 1 fully saturated rings. The summed E-state index contributed by atoms with van der Waals surface area (Å²) in [5.41, 5.74) is 3.62. The molecular formula is C19H22N4O2. The van der Waals surface area contributed by atoms with E-state index in [-0.39, 0.29) is 18.5 Å². The minimum absolute atomic E-state index is 0.209. The molecule has 2 N–H and O–H groups in total. The molecule has 1 aliphatic carbocycles. The summed E-state index contributed by atoms with van der Waals surface area (Å²) in [6, 6.07) is 9.58. The lowest BCUT2D eigenvalue weighted by Gasteiger charge is -2.27. The van der Waals surface area contributed by atoms with Gasteiger partial charge in [0.2, 0.25) is 0 Å². The Morgan fingerprint density at radius 3 is 2.64 bits per heavy atom. The van der Waals surface area contributed by atoms with E-state index in [1.165, 1.54) is 0 Å². The number of amides is 1. The summed E-state index contributed by atoms with van der Waals surface area (Å²) in [5, 5.41) is 25.9. The highest BCUT2D eigenvalue weighted by atomic mass is 16.3. The van der Waals surface area contributed by atoms with Crippen LogP contribution in [0.3, 0.4) is 0 Å². The number of aliphatic hydroxyl groups excluding tert-OH is 1. The van der Waals surface area contributed by atoms with E-state index in [1.807, 2.05) is 23.7 Å². The second-order valence-corrected chi connectivity index (χ2v) is 6.60. The Balaban J connectivity index is 1.99. The van der Waals surface area contributed by atoms with Gasteiger partial charge in [0.25, 0.3) is 5.91 Å². The number of carbonyl (C=O) groups excluding carboxylic acids is 1. The largest absolute Gasteiger partial charge is 0.392 e. The van der Waals surface area contributed by atoms with Gasteiger partial charge in [0.15, 0.2) is 0 Å². The van der Waals surface area contributed by atoms with E-state index < -0.39 is 6.10 Å². The molecule has 1 saturated carbocycles. The number of carbonyl (C=O) groups is 1. The van der Waals surface area contributed by atoms with Gasteiger partial charge in [-0.3, -0.25) is 9.48 Å². The molecule has 0 bridgehead atoms. The van der Waals surface area contributed by atoms with Gasteiger partial charge in [-0.05, 0) is 45.2 Å². The molecule has 130 valence electrons. The number of aromatic nitrogens is 2. The Morgan fingerprint density at radius 2 is 2.12 bits per heavy atom. The van der Waals surface area contributed by atoms with Crippen molar-refractivity contribution in [3.63, 3.8) is 0 Å². The monoisotopic (exact) mass is 338 g/mol. The maximum atomic E-state index is 12.7. The molecular weight excluding hydrogens is 316 g/mol. The van der Waals surface area contributed by atoms with Gasteiger partial charge in [-0.15, -0.1) is 0 Å². The highest BCUT2D eigenvalue weighted by Crippen LogP contribution is 2.35. The number of nitrogens with zero attached hydrogens (tertiary/aromatic N) is 3. The Kier molecular flexibility index (Phi) is 4.86. The average molecular weight is 338 g/mol. The summed E-state index contributed by atoms with van der Waals surface area (Å²) in [6.45, 7) is 3.74. The van der Waals surface area contributed by atoms with Crippen molar-refractivity contribution >= 4 is 5.91 Å². The third-order valence-corrected chi connectivity index (χ3v) is 4.63. The van der Waals surface area contributed by atoms with Crippen molar-refractivity contribution in [1.29, 1.82) is 5.26 Å². The second-order valence-electron chi connectivity index (χ2n) is 6.60. The molecule has 6 heteroatoms. The number of benzene rings is 1. The first-order chi connectivity index (χ1) is 12.0. The molecule has 0 saturated heterocycles. The number of hydrogen-bond donors (Lipinski definition) is 2. The predicted molar refractivity (Wildman–Crippen MR) is 94.0 cm³/mol. The molecule has 3 rings (SSSR count). The second kappa shape index (κ2) is 7.08. The Hall–Kier alpha value is -2.65. The van der Waals surface area contributed by atoms with Gasteiger partial charge in [0.1, 0.15) is 5.69 Å². The first-order valence-corrected chi connectivity index (χ1v) is 8.57. The number of hydrogen-bond acceptors (Lipinski definition) is 4. The first-order valence-electron chi connectivity index (χ1n) is 8.57. The van der Waals surface area contributed by atoms with Crippen LogP contribution in [0.15, 0.2) is 24.3 Å². The Labute approximate surface area is 147 Å². The molecule has 2 aromatic rings. The lowest BCUT2D eigenvalue weighted by Crippen LogP contribution is -2.34. The van der Waals surface area contributed by atoms with Crippen LogP contribution < -0.4 is 5.32 Å². The molecule has 25 heavy (non-hydrogen) atoms. The van der Waals surface area contributed by atoms with E-state index in [0.29, 0.717) is 11.3 Å². The van der Waals surface area contributed by atoms with Crippen LogP contribution in [0.4, 0.5) is 0 Å². The molecule has 1 aliphatic rings. The fourth-order valence-electron chi connectivity index (χ4n) is 2.99. The van der Waals surface area contributed by atoms with Crippen LogP contribution in [0.2, 0.25) is 0 Å². The van der Waals surface area contributed by atoms with Crippen LogP contribution in [-0.2, 0) is 0 Å². The van der Waals surface area contributed by atoms with Gasteiger partial charge in [0, 0.05) is 17.7 Å². The average Bonchev–Trinajstić information content (AvgIpc) is 2.88. The lowest BCUT2D eigenvalue weighted by atomic mass is 9.93. The zero-order chi connectivity index (χ0) is 18.0. The maximum Gasteiger partial charge on any atom is 0.269 e. The van der Waals surface area contributed by atoms with E-state index in [1.54, 1.807) is 19.1 Å². The van der Waals surface area contributed by atoms with Crippen LogP contribution in [0.5, 0.6) is 0 Å². The maximum absolute atomic E-state index is 12.7. The first kappa shape index (κ1) is 17.2. The topological polar surface area (TPSA) is 90.9 Å². The zero-order valence-corrected chi connectivity index (χ0v) is 14.5. The van der Waals surface area contributed by atoms with Crippen LogP contribution in [-0.4, -0.2) is 33.4 Å². The van der Waals surface area contributed by atoms with Crippen molar-refractivity contribution in [2.45, 2.75) is 45.3 Å². The standard InChI is InChI=1S/C19H22N4O2/c1-12(24)11-21-19(25)18-13(2)17(22-23(18)16-4-3-5-16)15-8-6-14(10-20)7-9-15/h6-9,12,16,24H,3-5,11H2,1-2H3,(H,21,25)/t12-/m1/s1. The van der Waals surface area contributed by atoms with E-state index in [0.717, 1.165) is 36.1 Å². The number of nitriles is 1. The lowest BCUT2D eigenvalue weighted by molar-refractivity contribution is 0.0905. The molecule has 1 atom stereocenters. The third-order valence-electron chi connectivity index (χ3n) is 4.63. The van der Waals surface area contributed by atoms with Gasteiger partial charge < -0.3 is 10.4 Å². The summed E-state index contributed by atoms with van der Waals surface area (Å²) < 4.78 is 1.84. The molecule has 0 spiro atoms. The van der Waals surface area contributed by atoms with Gasteiger partial charge in [0.05, 0.1) is 29.5 Å². The molecule has 0 unspecified atom stereocenters. The molecule has 1 heterocycles. The normalized spacial score (nSPS) is 15.3. The fraction of sp³-hybridized carbons (Fsp3) is 0.421. The Morgan fingerprint density at radius 1 is 1.44 bits per heavy atom. The van der Waals surface area contributed by atoms with Crippen LogP contribution in [0.25, 0.3) is 11.3 Å². The summed E-state index contributed by atoms with van der Waals surface area (Å²) in [5.74, 6) is -0.210. The van der Waals surface area contributed by atoms with Crippen molar-refractivity contribution in [2.75, 3.05) is 6.54 Å². The summed E-state index contributed by atoms with van der Waals surface area (Å²) >= 11 is 0. The smallest absolute Gasteiger partial charge is 0.269 e. The van der Waals surface area contributed by atoms with Crippen molar-refractivity contribution in [3.8, 4) is 17.3 Å². The van der Waals surface area contributed by atoms with Crippen LogP contribution >= 0.6 is 0 Å². The van der Waals surface area contributed by atoms with Gasteiger partial charge in [-0.1, -0.05) is 12.1 Å². The van der Waals surface area contributed by atoms with Gasteiger partial charge >= 0.3 is 0 Å². The van der Waals surface area contributed by atoms with Crippen molar-refractivity contribution in [1.82, 2.24) is 15.1 Å². The van der Waals surface area contributed by atoms with E-state index in [9.17, 15) is 9.90 Å². The minimum atomic E-state index is -0.595. The van der Waals surface area contributed by atoms with Crippen LogP contribution in [0.1, 0.15) is 53.8 Å². The summed E-state index contributed by atoms with van der Waals surface area (Å²) in [6.07, 6.45) is 2.59. The molecule has 1 aromatic carbocycles. The molecule has 1 amide bonds. The summed E-state index contributed by atoms with van der Waals surface area (Å²) in [7, 11) is 0. The SMILES string of the molecule is Cc1c(-c2ccc(C#N)cc2)nn(C2CCC2)c1C(=O)NC[C@@H](C)O.